The van der Waals surface area contributed by atoms with Crippen molar-refractivity contribution in [2.75, 3.05) is 12.3 Å². The SMILES string of the molecule is CCC[C@H](C(=O)O)[C@H](Cc1nnc(N)s1)c1nnnn1COCC[Si](C)(C)C. The van der Waals surface area contributed by atoms with Crippen molar-refractivity contribution in [3.8, 4) is 0 Å². The zero-order valence-electron chi connectivity index (χ0n) is 16.8. The summed E-state index contributed by atoms with van der Waals surface area (Å²) in [7, 11) is -1.20. The van der Waals surface area contributed by atoms with E-state index in [1.54, 1.807) is 4.68 Å². The van der Waals surface area contributed by atoms with Crippen LogP contribution in [0.15, 0.2) is 0 Å². The number of hydrogen-bond acceptors (Lipinski definition) is 9. The van der Waals surface area contributed by atoms with Gasteiger partial charge in [-0.2, -0.15) is 0 Å². The molecule has 0 aliphatic carbocycles. The Hall–Kier alpha value is -1.92. The van der Waals surface area contributed by atoms with Gasteiger partial charge in [0.15, 0.2) is 5.82 Å². The average molecular weight is 428 g/mol. The second-order valence-electron chi connectivity index (χ2n) is 7.96. The highest BCUT2D eigenvalue weighted by atomic mass is 32.1. The van der Waals surface area contributed by atoms with Gasteiger partial charge in [0.25, 0.3) is 0 Å². The Morgan fingerprint density at radius 3 is 2.64 bits per heavy atom. The Bertz CT molecular complexity index is 762. The van der Waals surface area contributed by atoms with Crippen LogP contribution in [-0.2, 0) is 22.7 Å². The van der Waals surface area contributed by atoms with Crippen molar-refractivity contribution in [3.05, 3.63) is 10.8 Å². The first kappa shape index (κ1) is 22.4. The van der Waals surface area contributed by atoms with E-state index in [1.807, 2.05) is 6.92 Å². The highest BCUT2D eigenvalue weighted by Gasteiger charge is 2.34. The fourth-order valence-corrected chi connectivity index (χ4v) is 4.28. The van der Waals surface area contributed by atoms with Gasteiger partial charge in [-0.15, -0.1) is 15.3 Å². The molecule has 0 spiro atoms. The molecular weight excluding hydrogens is 398 g/mol. The van der Waals surface area contributed by atoms with Crippen LogP contribution < -0.4 is 5.73 Å². The summed E-state index contributed by atoms with van der Waals surface area (Å²) in [6, 6.07) is 1.03. The molecule has 2 heterocycles. The number of aliphatic carboxylic acids is 1. The maximum absolute atomic E-state index is 11.9. The highest BCUT2D eigenvalue weighted by molar-refractivity contribution is 7.15. The maximum Gasteiger partial charge on any atom is 0.307 e. The van der Waals surface area contributed by atoms with Gasteiger partial charge in [-0.25, -0.2) is 4.68 Å². The standard InChI is InChI=1S/C16H29N7O3SSi/c1-5-6-11(15(24)25)12(9-13-18-20-16(17)27-13)14-19-21-22-23(14)10-26-7-8-28(2,3)4/h11-12H,5-10H2,1-4H3,(H2,17,20)(H,24,25)/t11-,12-/m0/s1. The Morgan fingerprint density at radius 2 is 2.07 bits per heavy atom. The lowest BCUT2D eigenvalue weighted by Crippen LogP contribution is -2.27. The fraction of sp³-hybridized carbons (Fsp3) is 0.750. The number of ether oxygens (including phenoxy) is 1. The smallest absolute Gasteiger partial charge is 0.307 e. The van der Waals surface area contributed by atoms with E-state index in [2.05, 4.69) is 45.4 Å². The van der Waals surface area contributed by atoms with E-state index in [4.69, 9.17) is 10.5 Å². The molecule has 3 N–H and O–H groups in total. The van der Waals surface area contributed by atoms with Crippen molar-refractivity contribution in [2.45, 2.75) is 64.5 Å². The minimum Gasteiger partial charge on any atom is -0.481 e. The maximum atomic E-state index is 11.9. The Balaban J connectivity index is 2.20. The molecule has 2 aromatic heterocycles. The molecule has 0 aliphatic rings. The van der Waals surface area contributed by atoms with Crippen molar-refractivity contribution in [1.29, 1.82) is 0 Å². The van der Waals surface area contributed by atoms with Crippen molar-refractivity contribution >= 4 is 30.5 Å². The van der Waals surface area contributed by atoms with Gasteiger partial charge < -0.3 is 15.6 Å². The number of rotatable bonds is 12. The lowest BCUT2D eigenvalue weighted by molar-refractivity contribution is -0.143. The normalized spacial score (nSPS) is 14.1. The van der Waals surface area contributed by atoms with Crippen LogP contribution in [0.1, 0.15) is 36.5 Å². The summed E-state index contributed by atoms with van der Waals surface area (Å²) in [5, 5.41) is 30.6. The number of tetrazole rings is 1. The third-order valence-corrected chi connectivity index (χ3v) is 6.86. The number of carboxylic acid groups (broad SMARTS) is 1. The molecule has 2 aromatic rings. The minimum atomic E-state index is -1.20. The number of nitrogen functional groups attached to an aromatic ring is 1. The van der Waals surface area contributed by atoms with Gasteiger partial charge in [0, 0.05) is 27.0 Å². The molecule has 0 radical (unpaired) electrons. The number of nitrogens with two attached hydrogens (primary N) is 1. The van der Waals surface area contributed by atoms with Crippen molar-refractivity contribution in [3.63, 3.8) is 0 Å². The number of carbonyl (C=O) groups is 1. The van der Waals surface area contributed by atoms with Gasteiger partial charge in [-0.1, -0.05) is 44.3 Å². The molecule has 156 valence electrons. The van der Waals surface area contributed by atoms with Crippen LogP contribution in [0.5, 0.6) is 0 Å². The number of aromatic nitrogens is 6. The van der Waals surface area contributed by atoms with Crippen LogP contribution in [0.3, 0.4) is 0 Å². The van der Waals surface area contributed by atoms with E-state index in [-0.39, 0.29) is 6.73 Å². The first-order chi connectivity index (χ1) is 13.2. The molecule has 12 heteroatoms. The zero-order chi connectivity index (χ0) is 20.7. The minimum absolute atomic E-state index is 0.194. The van der Waals surface area contributed by atoms with E-state index >= 15 is 0 Å². The molecule has 0 unspecified atom stereocenters. The van der Waals surface area contributed by atoms with Gasteiger partial charge in [-0.05, 0) is 22.9 Å². The molecule has 0 aromatic carbocycles. The van der Waals surface area contributed by atoms with Gasteiger partial charge in [0.2, 0.25) is 5.13 Å². The summed E-state index contributed by atoms with van der Waals surface area (Å²) >= 11 is 1.25. The summed E-state index contributed by atoms with van der Waals surface area (Å²) in [6.07, 6.45) is 1.61. The number of carboxylic acids is 1. The first-order valence-electron chi connectivity index (χ1n) is 9.35. The van der Waals surface area contributed by atoms with Gasteiger partial charge in [0.1, 0.15) is 11.7 Å². The van der Waals surface area contributed by atoms with Crippen LogP contribution in [0.25, 0.3) is 0 Å². The average Bonchev–Trinajstić information content (AvgIpc) is 3.22. The number of hydrogen-bond donors (Lipinski definition) is 2. The molecule has 0 saturated heterocycles. The zero-order valence-corrected chi connectivity index (χ0v) is 18.6. The van der Waals surface area contributed by atoms with Gasteiger partial charge >= 0.3 is 5.97 Å². The van der Waals surface area contributed by atoms with Crippen molar-refractivity contribution < 1.29 is 14.6 Å². The third kappa shape index (κ3) is 6.60. The molecule has 10 nitrogen and oxygen atoms in total. The van der Waals surface area contributed by atoms with E-state index in [1.165, 1.54) is 11.3 Å². The largest absolute Gasteiger partial charge is 0.481 e. The van der Waals surface area contributed by atoms with Crippen LogP contribution in [-0.4, -0.2) is 56.2 Å². The predicted molar refractivity (Wildman–Crippen MR) is 109 cm³/mol. The lowest BCUT2D eigenvalue weighted by atomic mass is 9.85. The molecule has 0 aliphatic heterocycles. The molecule has 0 bridgehead atoms. The molecule has 0 amide bonds. The van der Waals surface area contributed by atoms with E-state index < -0.39 is 25.9 Å². The summed E-state index contributed by atoms with van der Waals surface area (Å²) < 4.78 is 7.31. The van der Waals surface area contributed by atoms with Crippen LogP contribution in [0.2, 0.25) is 25.7 Å². The van der Waals surface area contributed by atoms with Crippen LogP contribution in [0, 0.1) is 5.92 Å². The summed E-state index contributed by atoms with van der Waals surface area (Å²) in [4.78, 5) is 11.9. The topological polar surface area (TPSA) is 142 Å². The molecule has 0 saturated carbocycles. The van der Waals surface area contributed by atoms with Crippen LogP contribution in [0.4, 0.5) is 5.13 Å². The van der Waals surface area contributed by atoms with Crippen molar-refractivity contribution in [2.24, 2.45) is 5.92 Å². The molecule has 0 fully saturated rings. The fourth-order valence-electron chi connectivity index (χ4n) is 2.86. The molecule has 2 atom stereocenters. The Labute approximate surface area is 169 Å². The predicted octanol–water partition coefficient (Wildman–Crippen LogP) is 2.25. The molecule has 2 rings (SSSR count). The quantitative estimate of drug-likeness (QED) is 0.385. The van der Waals surface area contributed by atoms with Gasteiger partial charge in [0.05, 0.1) is 5.92 Å². The number of anilines is 1. The first-order valence-corrected chi connectivity index (χ1v) is 13.9. The molecular formula is C16H29N7O3SSi. The third-order valence-electron chi connectivity index (χ3n) is 4.38. The summed E-state index contributed by atoms with van der Waals surface area (Å²) in [5.74, 6) is -1.47. The Kier molecular flexibility index (Phi) is 8.01. The Morgan fingerprint density at radius 1 is 1.32 bits per heavy atom. The lowest BCUT2D eigenvalue weighted by Gasteiger charge is -2.22. The number of nitrogens with zero attached hydrogens (tertiary/aromatic N) is 6. The second-order valence-corrected chi connectivity index (χ2v) is 14.7. The van der Waals surface area contributed by atoms with E-state index in [0.29, 0.717) is 35.4 Å². The molecule has 28 heavy (non-hydrogen) atoms. The van der Waals surface area contributed by atoms with E-state index in [0.717, 1.165) is 12.5 Å². The summed E-state index contributed by atoms with van der Waals surface area (Å²) in [5.41, 5.74) is 5.68. The van der Waals surface area contributed by atoms with Crippen LogP contribution >= 0.6 is 11.3 Å². The second kappa shape index (κ2) is 10.0. The highest BCUT2D eigenvalue weighted by Crippen LogP contribution is 2.32. The van der Waals surface area contributed by atoms with Gasteiger partial charge in [-0.3, -0.25) is 4.79 Å². The van der Waals surface area contributed by atoms with Crippen molar-refractivity contribution in [1.82, 2.24) is 30.4 Å². The van der Waals surface area contributed by atoms with E-state index in [9.17, 15) is 9.90 Å². The monoisotopic (exact) mass is 427 g/mol. The summed E-state index contributed by atoms with van der Waals surface area (Å²) in [6.45, 7) is 9.63.